The number of halogens is 5. The highest BCUT2D eigenvalue weighted by Crippen LogP contribution is 2.33. The lowest BCUT2D eigenvalue weighted by molar-refractivity contribution is -0.140. The fourth-order valence-corrected chi connectivity index (χ4v) is 5.11. The SMILES string of the molecule is NC(=O)CN1C(=O)C(NC(=O)[C@H](Cc2ccc(C(F)(F)F)c(F)c2)c2ccc(F)cc2)N=C(c2ccccc2)c2ccccc21. The lowest BCUT2D eigenvalue weighted by atomic mass is 9.90. The maximum absolute atomic E-state index is 14.4. The van der Waals surface area contributed by atoms with Crippen LogP contribution in [-0.4, -0.2) is 36.1 Å². The number of anilines is 1. The molecule has 3 N–H and O–H groups in total. The van der Waals surface area contributed by atoms with Gasteiger partial charge in [-0.1, -0.05) is 66.7 Å². The molecule has 5 rings (SSSR count). The quantitative estimate of drug-likeness (QED) is 0.267. The predicted octanol–water partition coefficient (Wildman–Crippen LogP) is 5.12. The minimum atomic E-state index is -4.92. The number of benzene rings is 4. The van der Waals surface area contributed by atoms with Gasteiger partial charge in [-0.05, 0) is 47.9 Å². The summed E-state index contributed by atoms with van der Waals surface area (Å²) in [5.41, 5.74) is 6.06. The van der Waals surface area contributed by atoms with Crippen LogP contribution in [0.25, 0.3) is 0 Å². The minimum absolute atomic E-state index is 0.0494. The van der Waals surface area contributed by atoms with Crippen molar-refractivity contribution in [1.82, 2.24) is 5.32 Å². The monoisotopic (exact) mass is 620 g/mol. The van der Waals surface area contributed by atoms with Crippen LogP contribution in [0.3, 0.4) is 0 Å². The summed E-state index contributed by atoms with van der Waals surface area (Å²) in [6, 6.07) is 22.6. The van der Waals surface area contributed by atoms with Crippen molar-refractivity contribution in [1.29, 1.82) is 0 Å². The molecule has 1 heterocycles. The number of rotatable bonds is 8. The molecule has 1 aliphatic heterocycles. The molecule has 230 valence electrons. The second-order valence-corrected chi connectivity index (χ2v) is 10.3. The van der Waals surface area contributed by atoms with Crippen molar-refractivity contribution in [2.75, 3.05) is 11.4 Å². The molecule has 1 aliphatic rings. The van der Waals surface area contributed by atoms with Crippen LogP contribution in [0.5, 0.6) is 0 Å². The van der Waals surface area contributed by atoms with E-state index in [1.807, 2.05) is 0 Å². The van der Waals surface area contributed by atoms with Crippen molar-refractivity contribution in [3.05, 3.63) is 137 Å². The molecule has 7 nitrogen and oxygen atoms in total. The van der Waals surface area contributed by atoms with Crippen molar-refractivity contribution in [2.45, 2.75) is 24.7 Å². The molecule has 0 radical (unpaired) electrons. The van der Waals surface area contributed by atoms with Gasteiger partial charge in [-0.15, -0.1) is 0 Å². The average molecular weight is 621 g/mol. The highest BCUT2D eigenvalue weighted by Gasteiger charge is 2.36. The number of amides is 3. The highest BCUT2D eigenvalue weighted by atomic mass is 19.4. The Bertz CT molecular complexity index is 1780. The van der Waals surface area contributed by atoms with Crippen LogP contribution in [0.1, 0.15) is 33.7 Å². The molecule has 0 aromatic heterocycles. The zero-order chi connectivity index (χ0) is 32.3. The van der Waals surface area contributed by atoms with Crippen molar-refractivity contribution in [3.8, 4) is 0 Å². The number of fused-ring (bicyclic) bond motifs is 1. The number of para-hydroxylation sites is 1. The molecule has 0 aliphatic carbocycles. The first-order valence-electron chi connectivity index (χ1n) is 13.7. The maximum atomic E-state index is 14.4. The fraction of sp³-hybridized carbons (Fsp3) is 0.152. The van der Waals surface area contributed by atoms with E-state index in [0.29, 0.717) is 34.7 Å². The molecule has 1 unspecified atom stereocenters. The van der Waals surface area contributed by atoms with Crippen LogP contribution in [0.2, 0.25) is 0 Å². The summed E-state index contributed by atoms with van der Waals surface area (Å²) in [5.74, 6) is -5.73. The zero-order valence-corrected chi connectivity index (χ0v) is 23.4. The number of nitrogens with zero attached hydrogens (tertiary/aromatic N) is 2. The Kier molecular flexibility index (Phi) is 8.75. The van der Waals surface area contributed by atoms with Crippen LogP contribution in [0.15, 0.2) is 102 Å². The number of primary amides is 1. The number of alkyl halides is 3. The van der Waals surface area contributed by atoms with Gasteiger partial charge in [0, 0.05) is 11.1 Å². The van der Waals surface area contributed by atoms with Gasteiger partial charge >= 0.3 is 6.18 Å². The lowest BCUT2D eigenvalue weighted by Crippen LogP contribution is -2.50. The minimum Gasteiger partial charge on any atom is -0.368 e. The molecule has 0 fully saturated rings. The van der Waals surface area contributed by atoms with Crippen molar-refractivity contribution >= 4 is 29.1 Å². The molecular formula is C33H25F5N4O3. The van der Waals surface area contributed by atoms with Crippen molar-refractivity contribution in [2.24, 2.45) is 10.7 Å². The molecular weight excluding hydrogens is 595 g/mol. The number of hydrogen-bond donors (Lipinski definition) is 2. The Hall–Kier alpha value is -5.39. The van der Waals surface area contributed by atoms with Gasteiger partial charge in [0.25, 0.3) is 5.91 Å². The topological polar surface area (TPSA) is 105 Å². The number of carbonyl (C=O) groups is 3. The van der Waals surface area contributed by atoms with E-state index in [2.05, 4.69) is 10.3 Å². The molecule has 12 heteroatoms. The first-order chi connectivity index (χ1) is 21.4. The Balaban J connectivity index is 1.56. The Morgan fingerprint density at radius 3 is 2.22 bits per heavy atom. The van der Waals surface area contributed by atoms with Gasteiger partial charge in [0.1, 0.15) is 18.2 Å². The number of aliphatic imine (C=N–C) groups is 1. The number of nitrogens with two attached hydrogens (primary N) is 1. The standard InChI is InChI=1S/C33H25F5N4O3/c34-22-13-11-20(12-14-22)24(16-19-10-15-25(26(35)17-19)33(36,37)38)31(44)41-30-32(45)42(18-28(39)43)27-9-5-4-8-23(27)29(40-30)21-6-2-1-3-7-21/h1-15,17,24,30H,16,18H2,(H2,39,43)(H,41,44)/t24-,30?/m1/s1. The van der Waals surface area contributed by atoms with E-state index in [1.54, 1.807) is 54.6 Å². The van der Waals surface area contributed by atoms with Crippen LogP contribution in [0.4, 0.5) is 27.6 Å². The van der Waals surface area contributed by atoms with Gasteiger partial charge < -0.3 is 11.1 Å². The Morgan fingerprint density at radius 1 is 0.911 bits per heavy atom. The zero-order valence-electron chi connectivity index (χ0n) is 23.4. The summed E-state index contributed by atoms with van der Waals surface area (Å²) < 4.78 is 67.7. The van der Waals surface area contributed by atoms with E-state index in [9.17, 15) is 36.3 Å². The van der Waals surface area contributed by atoms with Crippen molar-refractivity contribution < 1.29 is 36.3 Å². The summed E-state index contributed by atoms with van der Waals surface area (Å²) in [5, 5.41) is 2.59. The van der Waals surface area contributed by atoms with E-state index >= 15 is 0 Å². The average Bonchev–Trinajstić information content (AvgIpc) is 3.11. The number of benzodiazepines with no additional fused rings is 1. The lowest BCUT2D eigenvalue weighted by Gasteiger charge is -2.25. The van der Waals surface area contributed by atoms with Gasteiger partial charge in [-0.3, -0.25) is 19.3 Å². The number of hydrogen-bond acceptors (Lipinski definition) is 4. The molecule has 45 heavy (non-hydrogen) atoms. The second kappa shape index (κ2) is 12.7. The summed E-state index contributed by atoms with van der Waals surface area (Å²) in [7, 11) is 0. The van der Waals surface area contributed by atoms with Gasteiger partial charge in [0.05, 0.1) is 22.9 Å². The first-order valence-corrected chi connectivity index (χ1v) is 13.7. The highest BCUT2D eigenvalue weighted by molar-refractivity contribution is 6.21. The molecule has 0 spiro atoms. The summed E-state index contributed by atoms with van der Waals surface area (Å²) in [6.07, 6.45) is -6.79. The van der Waals surface area contributed by atoms with Gasteiger partial charge in [-0.2, -0.15) is 13.2 Å². The first kappa shape index (κ1) is 31.0. The van der Waals surface area contributed by atoms with Gasteiger partial charge in [-0.25, -0.2) is 13.8 Å². The molecule has 4 aromatic rings. The van der Waals surface area contributed by atoms with E-state index in [0.717, 1.165) is 23.1 Å². The smallest absolute Gasteiger partial charge is 0.368 e. The fourth-order valence-electron chi connectivity index (χ4n) is 5.11. The Morgan fingerprint density at radius 2 is 1.58 bits per heavy atom. The number of nitrogens with one attached hydrogen (secondary N) is 1. The van der Waals surface area contributed by atoms with Crippen LogP contribution < -0.4 is 16.0 Å². The van der Waals surface area contributed by atoms with Crippen LogP contribution >= 0.6 is 0 Å². The summed E-state index contributed by atoms with van der Waals surface area (Å²) in [4.78, 5) is 45.5. The molecule has 0 saturated carbocycles. The van der Waals surface area contributed by atoms with Crippen molar-refractivity contribution in [3.63, 3.8) is 0 Å². The predicted molar refractivity (Wildman–Crippen MR) is 156 cm³/mol. The molecule has 0 bridgehead atoms. The van der Waals surface area contributed by atoms with E-state index in [1.165, 1.54) is 12.1 Å². The van der Waals surface area contributed by atoms with Gasteiger partial charge in [0.15, 0.2) is 0 Å². The molecule has 4 aromatic carbocycles. The van der Waals surface area contributed by atoms with E-state index in [-0.39, 0.29) is 17.5 Å². The maximum Gasteiger partial charge on any atom is 0.419 e. The molecule has 3 amide bonds. The van der Waals surface area contributed by atoms with E-state index < -0.39 is 59.7 Å². The third-order valence-corrected chi connectivity index (χ3v) is 7.22. The van der Waals surface area contributed by atoms with Crippen LogP contribution in [0, 0.1) is 11.6 Å². The summed E-state index contributed by atoms with van der Waals surface area (Å²) >= 11 is 0. The second-order valence-electron chi connectivity index (χ2n) is 10.3. The van der Waals surface area contributed by atoms with Gasteiger partial charge in [0.2, 0.25) is 18.0 Å². The largest absolute Gasteiger partial charge is 0.419 e. The van der Waals surface area contributed by atoms with Crippen LogP contribution in [-0.2, 0) is 27.0 Å². The molecule has 2 atom stereocenters. The summed E-state index contributed by atoms with van der Waals surface area (Å²) in [6.45, 7) is -0.522. The third-order valence-electron chi connectivity index (χ3n) is 7.22. The van der Waals surface area contributed by atoms with E-state index in [4.69, 9.17) is 5.73 Å². The third kappa shape index (κ3) is 6.90. The molecule has 0 saturated heterocycles. The normalized spacial score (nSPS) is 15.5. The Labute approximate surface area is 254 Å². The number of carbonyl (C=O) groups excluding carboxylic acids is 3.